The molecule has 1 aliphatic carbocycles. The largest absolute Gasteiger partial charge is 0.382 e. The minimum Gasteiger partial charge on any atom is -0.382 e. The Morgan fingerprint density at radius 3 is 2.45 bits per heavy atom. The number of nitrogens with zero attached hydrogens (tertiary/aromatic N) is 3. The van der Waals surface area contributed by atoms with Gasteiger partial charge in [-0.3, -0.25) is 14.9 Å². The molecule has 1 fully saturated rings. The lowest BCUT2D eigenvalue weighted by Crippen LogP contribution is -2.33. The average molecular weight is 469 g/mol. The molecule has 31 heavy (non-hydrogen) atoms. The monoisotopic (exact) mass is 468 g/mol. The Morgan fingerprint density at radius 2 is 1.94 bits per heavy atom. The highest BCUT2D eigenvalue weighted by Crippen LogP contribution is 2.33. The van der Waals surface area contributed by atoms with Crippen LogP contribution in [0.2, 0.25) is 0 Å². The fraction of sp³-hybridized carbons (Fsp3) is 0.368. The van der Waals surface area contributed by atoms with E-state index in [0.29, 0.717) is 24.2 Å². The van der Waals surface area contributed by atoms with Gasteiger partial charge in [0.15, 0.2) is 25.8 Å². The molecular formula is C19H21FN4O5S2. The Labute approximate surface area is 182 Å². The summed E-state index contributed by atoms with van der Waals surface area (Å²) in [6.45, 7) is 1.48. The third kappa shape index (κ3) is 5.44. The molecule has 1 aromatic heterocycles. The molecule has 2 amide bonds. The van der Waals surface area contributed by atoms with Crippen LogP contribution in [-0.4, -0.2) is 61.3 Å². The van der Waals surface area contributed by atoms with Gasteiger partial charge in [-0.2, -0.15) is 4.39 Å². The maximum absolute atomic E-state index is 13.2. The van der Waals surface area contributed by atoms with E-state index < -0.39 is 27.0 Å². The van der Waals surface area contributed by atoms with Crippen molar-refractivity contribution in [1.82, 2.24) is 9.88 Å². The van der Waals surface area contributed by atoms with Crippen LogP contribution < -0.4 is 5.32 Å². The molecule has 1 saturated carbocycles. The molecule has 3 rings (SSSR count). The highest BCUT2D eigenvalue weighted by Gasteiger charge is 2.36. The quantitative estimate of drug-likeness (QED) is 0.468. The maximum Gasteiger partial charge on any atom is 0.280 e. The van der Waals surface area contributed by atoms with Gasteiger partial charge in [-0.1, -0.05) is 28.6 Å². The number of anilines is 1. The van der Waals surface area contributed by atoms with Crippen molar-refractivity contribution in [2.24, 2.45) is 5.16 Å². The van der Waals surface area contributed by atoms with Crippen molar-refractivity contribution < 1.29 is 27.2 Å². The third-order valence-corrected chi connectivity index (χ3v) is 7.40. The lowest BCUT2D eigenvalue weighted by atomic mass is 10.1. The third-order valence-electron chi connectivity index (χ3n) is 4.42. The van der Waals surface area contributed by atoms with Crippen LogP contribution in [0.1, 0.15) is 25.3 Å². The molecule has 2 aromatic rings. The van der Waals surface area contributed by atoms with Gasteiger partial charge < -0.3 is 9.74 Å². The number of oxime groups is 1. The maximum atomic E-state index is 13.2. The summed E-state index contributed by atoms with van der Waals surface area (Å²) >= 11 is 0.632. The van der Waals surface area contributed by atoms with E-state index in [4.69, 9.17) is 4.84 Å². The first-order chi connectivity index (χ1) is 14.6. The topological polar surface area (TPSA) is 118 Å². The van der Waals surface area contributed by atoms with Crippen LogP contribution in [-0.2, 0) is 24.3 Å². The van der Waals surface area contributed by atoms with E-state index in [0.717, 1.165) is 6.20 Å². The summed E-state index contributed by atoms with van der Waals surface area (Å²) in [5, 5.41) is 5.32. The molecule has 0 aliphatic heterocycles. The number of amides is 2. The fourth-order valence-electron chi connectivity index (χ4n) is 2.61. The predicted molar refractivity (Wildman–Crippen MR) is 113 cm³/mol. The van der Waals surface area contributed by atoms with Crippen molar-refractivity contribution in [1.29, 1.82) is 0 Å². The number of aromatic nitrogens is 1. The van der Waals surface area contributed by atoms with Gasteiger partial charge in [0.2, 0.25) is 6.10 Å². The Balaban J connectivity index is 1.88. The van der Waals surface area contributed by atoms with Gasteiger partial charge in [0.05, 0.1) is 16.3 Å². The van der Waals surface area contributed by atoms with Crippen molar-refractivity contribution in [2.45, 2.75) is 36.0 Å². The molecule has 0 unspecified atom stereocenters. The van der Waals surface area contributed by atoms with Gasteiger partial charge in [0, 0.05) is 19.7 Å². The minimum atomic E-state index is -3.39. The van der Waals surface area contributed by atoms with Crippen molar-refractivity contribution in [3.63, 3.8) is 0 Å². The van der Waals surface area contributed by atoms with E-state index in [1.807, 2.05) is 0 Å². The summed E-state index contributed by atoms with van der Waals surface area (Å²) in [5.74, 6) is -1.12. The summed E-state index contributed by atoms with van der Waals surface area (Å²) in [4.78, 5) is 35.2. The SMILES string of the molecule is C[C@H](O/N=C(/C(=O)Nc1ncc(F)s1)c1ccc(S(=O)(=O)C2CC2)cc1)C(=O)N(C)C. The first-order valence-corrected chi connectivity index (χ1v) is 11.7. The van der Waals surface area contributed by atoms with E-state index in [1.165, 1.54) is 36.1 Å². The molecule has 1 heterocycles. The van der Waals surface area contributed by atoms with Crippen LogP contribution in [0.15, 0.2) is 40.5 Å². The molecule has 1 aliphatic rings. The van der Waals surface area contributed by atoms with Gasteiger partial charge in [0.1, 0.15) is 0 Å². The minimum absolute atomic E-state index is 0.0144. The summed E-state index contributed by atoms with van der Waals surface area (Å²) in [5.41, 5.74) is 0.0400. The van der Waals surface area contributed by atoms with Gasteiger partial charge in [-0.25, -0.2) is 13.4 Å². The van der Waals surface area contributed by atoms with Crippen LogP contribution in [0.3, 0.4) is 0 Å². The summed E-state index contributed by atoms with van der Waals surface area (Å²) < 4.78 is 38.0. The van der Waals surface area contributed by atoms with Crippen LogP contribution in [0.4, 0.5) is 9.52 Å². The molecule has 0 spiro atoms. The van der Waals surface area contributed by atoms with Crippen molar-refractivity contribution in [3.05, 3.63) is 41.2 Å². The van der Waals surface area contributed by atoms with Crippen molar-refractivity contribution >= 4 is 43.8 Å². The van der Waals surface area contributed by atoms with Gasteiger partial charge >= 0.3 is 0 Å². The van der Waals surface area contributed by atoms with Crippen molar-refractivity contribution in [3.8, 4) is 0 Å². The van der Waals surface area contributed by atoms with E-state index in [9.17, 15) is 22.4 Å². The molecule has 1 atom stereocenters. The molecule has 1 N–H and O–H groups in total. The van der Waals surface area contributed by atoms with Crippen LogP contribution in [0.5, 0.6) is 0 Å². The van der Waals surface area contributed by atoms with Gasteiger partial charge in [-0.05, 0) is 31.9 Å². The van der Waals surface area contributed by atoms with Crippen LogP contribution >= 0.6 is 11.3 Å². The molecule has 166 valence electrons. The number of hydrogen-bond donors (Lipinski definition) is 1. The smallest absolute Gasteiger partial charge is 0.280 e. The second-order valence-corrected chi connectivity index (χ2v) is 10.3. The van der Waals surface area contributed by atoms with E-state index in [1.54, 1.807) is 14.1 Å². The lowest BCUT2D eigenvalue weighted by Gasteiger charge is -2.15. The molecule has 12 heteroatoms. The fourth-order valence-corrected chi connectivity index (χ4v) is 4.80. The first kappa shape index (κ1) is 22.8. The Hall–Kier alpha value is -2.86. The highest BCUT2D eigenvalue weighted by molar-refractivity contribution is 7.92. The average Bonchev–Trinajstić information content (AvgIpc) is 3.51. The summed E-state index contributed by atoms with van der Waals surface area (Å²) in [6.07, 6.45) is 1.26. The number of thiazole rings is 1. The zero-order valence-corrected chi connectivity index (χ0v) is 18.7. The van der Waals surface area contributed by atoms with Gasteiger partial charge in [-0.15, -0.1) is 0 Å². The van der Waals surface area contributed by atoms with E-state index >= 15 is 0 Å². The number of carbonyl (C=O) groups is 2. The molecule has 0 saturated heterocycles. The Kier molecular flexibility index (Phi) is 6.70. The standard InChI is InChI=1S/C19H21FN4O5S2/c1-11(18(26)24(2)3)29-23-16(17(25)22-19-21-10-15(20)30-19)12-4-6-13(7-5-12)31(27,28)14-8-9-14/h4-7,10-11,14H,8-9H2,1-3H3,(H,21,22,25)/b23-16+/t11-/m0/s1. The number of nitrogens with one attached hydrogen (secondary N) is 1. The Bertz CT molecular complexity index is 1110. The molecule has 0 bridgehead atoms. The number of carbonyl (C=O) groups excluding carboxylic acids is 2. The number of likely N-dealkylation sites (N-methyl/N-ethyl adjacent to an activating group) is 1. The zero-order chi connectivity index (χ0) is 22.8. The highest BCUT2D eigenvalue weighted by atomic mass is 32.2. The number of benzene rings is 1. The van der Waals surface area contributed by atoms with Crippen molar-refractivity contribution in [2.75, 3.05) is 19.4 Å². The number of sulfone groups is 1. The predicted octanol–water partition coefficient (Wildman–Crippen LogP) is 2.05. The van der Waals surface area contributed by atoms with Gasteiger partial charge in [0.25, 0.3) is 11.8 Å². The number of rotatable bonds is 8. The Morgan fingerprint density at radius 1 is 1.29 bits per heavy atom. The molecule has 0 radical (unpaired) electrons. The second-order valence-electron chi connectivity index (χ2n) is 7.11. The summed E-state index contributed by atoms with van der Waals surface area (Å²) in [6, 6.07) is 5.64. The first-order valence-electron chi connectivity index (χ1n) is 9.31. The normalized spacial score (nSPS) is 15.3. The molecule has 1 aromatic carbocycles. The molecular weight excluding hydrogens is 447 g/mol. The number of hydrogen-bond acceptors (Lipinski definition) is 8. The second kappa shape index (κ2) is 9.10. The van der Waals surface area contributed by atoms with Crippen LogP contribution in [0, 0.1) is 5.13 Å². The summed E-state index contributed by atoms with van der Waals surface area (Å²) in [7, 11) is -0.290. The molecule has 9 nitrogen and oxygen atoms in total. The number of halogens is 1. The van der Waals surface area contributed by atoms with E-state index in [2.05, 4.69) is 15.5 Å². The lowest BCUT2D eigenvalue weighted by molar-refractivity contribution is -0.140. The van der Waals surface area contributed by atoms with E-state index in [-0.39, 0.29) is 32.5 Å². The van der Waals surface area contributed by atoms with Crippen LogP contribution in [0.25, 0.3) is 0 Å². The zero-order valence-electron chi connectivity index (χ0n) is 17.0.